The highest BCUT2D eigenvalue weighted by Crippen LogP contribution is 2.40. The molecule has 2 heterocycles. The molecule has 0 radical (unpaired) electrons. The minimum Gasteiger partial charge on any atom is -0.465 e. The van der Waals surface area contributed by atoms with Gasteiger partial charge in [0.2, 0.25) is 0 Å². The molecule has 2 aromatic carbocycles. The van der Waals surface area contributed by atoms with Gasteiger partial charge in [0.25, 0.3) is 0 Å². The second kappa shape index (κ2) is 7.79. The Morgan fingerprint density at radius 2 is 1.90 bits per heavy atom. The number of methoxy groups -OCH3 is 1. The smallest absolute Gasteiger partial charge is 0.338 e. The van der Waals surface area contributed by atoms with Crippen molar-refractivity contribution in [3.63, 3.8) is 0 Å². The molecule has 0 spiro atoms. The van der Waals surface area contributed by atoms with Crippen LogP contribution in [0, 0.1) is 0 Å². The zero-order valence-electron chi connectivity index (χ0n) is 17.0. The van der Waals surface area contributed by atoms with Crippen LogP contribution in [0.25, 0.3) is 11.0 Å². The molecule has 150 valence electrons. The monoisotopic (exact) mass is 396 g/mol. The highest BCUT2D eigenvalue weighted by atomic mass is 16.5. The third kappa shape index (κ3) is 3.73. The quantitative estimate of drug-likeness (QED) is 0.413. The normalized spacial score (nSPS) is 13.5. The molecule has 0 aliphatic heterocycles. The van der Waals surface area contributed by atoms with Crippen LogP contribution in [0.2, 0.25) is 0 Å². The third-order valence-corrected chi connectivity index (χ3v) is 5.84. The number of carbonyl (C=O) groups is 1. The van der Waals surface area contributed by atoms with Crippen LogP contribution in [0.5, 0.6) is 0 Å². The maximum Gasteiger partial charge on any atom is 0.338 e. The first-order chi connectivity index (χ1) is 14.7. The summed E-state index contributed by atoms with van der Waals surface area (Å²) in [5, 5.41) is 1.11. The minimum atomic E-state index is -0.268. The van der Waals surface area contributed by atoms with E-state index in [1.165, 1.54) is 31.1 Å². The summed E-state index contributed by atoms with van der Waals surface area (Å²) in [5.41, 5.74) is 6.20. The van der Waals surface area contributed by atoms with Gasteiger partial charge in [-0.25, -0.2) is 9.78 Å². The minimum absolute atomic E-state index is 0.268. The van der Waals surface area contributed by atoms with Crippen LogP contribution in [-0.2, 0) is 17.7 Å². The summed E-state index contributed by atoms with van der Waals surface area (Å²) in [5.74, 6) is 0.334. The number of hydrogen-bond donors (Lipinski definition) is 0. The third-order valence-electron chi connectivity index (χ3n) is 5.84. The Hall–Kier alpha value is -3.40. The van der Waals surface area contributed by atoms with Crippen LogP contribution in [-0.4, -0.2) is 22.6 Å². The molecule has 5 rings (SSSR count). The van der Waals surface area contributed by atoms with Gasteiger partial charge in [-0.3, -0.25) is 0 Å². The van der Waals surface area contributed by atoms with E-state index in [-0.39, 0.29) is 5.97 Å². The molecule has 0 saturated heterocycles. The number of fused-ring (bicyclic) bond motifs is 1. The molecule has 0 amide bonds. The van der Waals surface area contributed by atoms with E-state index in [1.807, 2.05) is 18.3 Å². The Balaban J connectivity index is 1.42. The number of nitrogens with zero attached hydrogens (tertiary/aromatic N) is 2. The van der Waals surface area contributed by atoms with E-state index in [2.05, 4.69) is 59.3 Å². The lowest BCUT2D eigenvalue weighted by molar-refractivity contribution is 0.0599. The van der Waals surface area contributed by atoms with Gasteiger partial charge in [0.05, 0.1) is 12.7 Å². The van der Waals surface area contributed by atoms with Crippen LogP contribution in [0.15, 0.2) is 73.1 Å². The van der Waals surface area contributed by atoms with Crippen LogP contribution in [0.3, 0.4) is 0 Å². The maximum absolute atomic E-state index is 12.4. The zero-order valence-corrected chi connectivity index (χ0v) is 17.0. The Bertz CT molecular complexity index is 1210. The van der Waals surface area contributed by atoms with E-state index in [9.17, 15) is 4.79 Å². The fourth-order valence-corrected chi connectivity index (χ4v) is 4.07. The summed E-state index contributed by atoms with van der Waals surface area (Å²) in [6.07, 6.45) is 7.07. The van der Waals surface area contributed by atoms with Crippen molar-refractivity contribution in [2.75, 3.05) is 7.11 Å². The largest absolute Gasteiger partial charge is 0.465 e. The molecule has 1 aliphatic carbocycles. The average Bonchev–Trinajstić information content (AvgIpc) is 3.56. The first kappa shape index (κ1) is 18.6. The first-order valence-electron chi connectivity index (χ1n) is 10.4. The van der Waals surface area contributed by atoms with Gasteiger partial charge in [0, 0.05) is 24.3 Å². The fraction of sp³-hybridized carbons (Fsp3) is 0.231. The van der Waals surface area contributed by atoms with Crippen molar-refractivity contribution in [3.8, 4) is 0 Å². The van der Waals surface area contributed by atoms with Gasteiger partial charge in [-0.2, -0.15) is 0 Å². The second-order valence-corrected chi connectivity index (χ2v) is 8.04. The maximum atomic E-state index is 12.4. The summed E-state index contributed by atoms with van der Waals surface area (Å²) in [6.45, 7) is 0.797. The Labute approximate surface area is 176 Å². The Morgan fingerprint density at radius 1 is 1.07 bits per heavy atom. The molecule has 2 aromatic heterocycles. The first-order valence-corrected chi connectivity index (χ1v) is 10.4. The summed E-state index contributed by atoms with van der Waals surface area (Å²) < 4.78 is 7.21. The van der Waals surface area contributed by atoms with E-state index in [0.29, 0.717) is 17.9 Å². The van der Waals surface area contributed by atoms with Crippen molar-refractivity contribution in [2.24, 2.45) is 0 Å². The molecule has 1 fully saturated rings. The van der Waals surface area contributed by atoms with Crippen LogP contribution >= 0.6 is 0 Å². The second-order valence-electron chi connectivity index (χ2n) is 8.04. The molecule has 4 heteroatoms. The van der Waals surface area contributed by atoms with Crippen molar-refractivity contribution in [2.45, 2.75) is 31.7 Å². The van der Waals surface area contributed by atoms with Crippen LogP contribution in [0.4, 0.5) is 0 Å². The molecular weight excluding hydrogens is 372 g/mol. The van der Waals surface area contributed by atoms with E-state index in [4.69, 9.17) is 9.72 Å². The number of ether oxygens (including phenoxy) is 1. The van der Waals surface area contributed by atoms with E-state index in [0.717, 1.165) is 28.7 Å². The molecule has 4 aromatic rings. The Kier molecular flexibility index (Phi) is 4.83. The van der Waals surface area contributed by atoms with Crippen LogP contribution in [0.1, 0.15) is 51.4 Å². The van der Waals surface area contributed by atoms with Crippen molar-refractivity contribution in [1.29, 1.82) is 0 Å². The molecule has 0 bridgehead atoms. The van der Waals surface area contributed by atoms with E-state index >= 15 is 0 Å². The van der Waals surface area contributed by atoms with Gasteiger partial charge in [0.1, 0.15) is 5.65 Å². The van der Waals surface area contributed by atoms with Crippen molar-refractivity contribution in [1.82, 2.24) is 9.55 Å². The summed E-state index contributed by atoms with van der Waals surface area (Å²) >= 11 is 0. The van der Waals surface area contributed by atoms with Gasteiger partial charge in [-0.15, -0.1) is 0 Å². The standard InChI is InChI=1S/C26H24N2O2/c1-30-26(29)24-15-21(20-7-8-20)9-10-22(24)13-19-14-23-11-12-28(25(23)27-16-19)17-18-5-3-2-4-6-18/h2-6,9-12,14-16,20H,7-8,13,17H2,1H3. The zero-order chi connectivity index (χ0) is 20.5. The lowest BCUT2D eigenvalue weighted by atomic mass is 9.96. The number of hydrogen-bond acceptors (Lipinski definition) is 3. The van der Waals surface area contributed by atoms with E-state index in [1.54, 1.807) is 0 Å². The molecule has 30 heavy (non-hydrogen) atoms. The van der Waals surface area contributed by atoms with Crippen molar-refractivity contribution >= 4 is 17.0 Å². The van der Waals surface area contributed by atoms with Gasteiger partial charge in [-0.05, 0) is 65.6 Å². The number of esters is 1. The van der Waals surface area contributed by atoms with Gasteiger partial charge in [0.15, 0.2) is 0 Å². The molecule has 1 aliphatic rings. The SMILES string of the molecule is COC(=O)c1cc(C2CC2)ccc1Cc1cnc2c(ccn2Cc2ccccc2)c1. The predicted octanol–water partition coefficient (Wildman–Crippen LogP) is 5.34. The van der Waals surface area contributed by atoms with Crippen molar-refractivity contribution < 1.29 is 9.53 Å². The number of carbonyl (C=O) groups excluding carboxylic acids is 1. The summed E-state index contributed by atoms with van der Waals surface area (Å²) in [7, 11) is 1.44. The predicted molar refractivity (Wildman–Crippen MR) is 118 cm³/mol. The van der Waals surface area contributed by atoms with Crippen LogP contribution < -0.4 is 0 Å². The average molecular weight is 396 g/mol. The molecule has 0 N–H and O–H groups in total. The summed E-state index contributed by atoms with van der Waals surface area (Å²) in [4.78, 5) is 17.1. The number of aromatic nitrogens is 2. The highest BCUT2D eigenvalue weighted by Gasteiger charge is 2.25. The molecular formula is C26H24N2O2. The molecule has 0 atom stereocenters. The fourth-order valence-electron chi connectivity index (χ4n) is 4.07. The van der Waals surface area contributed by atoms with Gasteiger partial charge < -0.3 is 9.30 Å². The van der Waals surface area contributed by atoms with Gasteiger partial charge in [-0.1, -0.05) is 42.5 Å². The molecule has 1 saturated carbocycles. The van der Waals surface area contributed by atoms with Gasteiger partial charge >= 0.3 is 5.97 Å². The highest BCUT2D eigenvalue weighted by molar-refractivity contribution is 5.91. The lowest BCUT2D eigenvalue weighted by Crippen LogP contribution is -2.07. The lowest BCUT2D eigenvalue weighted by Gasteiger charge is -2.11. The summed E-state index contributed by atoms with van der Waals surface area (Å²) in [6, 6.07) is 20.9. The van der Waals surface area contributed by atoms with Crippen molar-refractivity contribution in [3.05, 3.63) is 101 Å². The molecule has 4 nitrogen and oxygen atoms in total. The number of rotatable bonds is 6. The Morgan fingerprint density at radius 3 is 2.67 bits per heavy atom. The van der Waals surface area contributed by atoms with E-state index < -0.39 is 0 Å². The topological polar surface area (TPSA) is 44.1 Å². The molecule has 0 unspecified atom stereocenters. The number of pyridine rings is 1. The number of benzene rings is 2.